The maximum atomic E-state index is 4.13. The Kier molecular flexibility index (Phi) is 3.34. The van der Waals surface area contributed by atoms with Gasteiger partial charge in [0.25, 0.3) is 0 Å². The van der Waals surface area contributed by atoms with E-state index in [0.29, 0.717) is 0 Å². The molecule has 0 heterocycles. The van der Waals surface area contributed by atoms with Crippen LogP contribution in [0.1, 0.15) is 27.2 Å². The summed E-state index contributed by atoms with van der Waals surface area (Å²) in [5, 5.41) is 0.725. The van der Waals surface area contributed by atoms with Gasteiger partial charge in [0.2, 0.25) is 0 Å². The number of hydrogen-bond acceptors (Lipinski definition) is 0. The van der Waals surface area contributed by atoms with E-state index in [4.69, 9.17) is 0 Å². The molecule has 9 heavy (non-hydrogen) atoms. The van der Waals surface area contributed by atoms with Crippen LogP contribution in [0.15, 0.2) is 0 Å². The molecule has 0 fully saturated rings. The predicted octanol–water partition coefficient (Wildman–Crippen LogP) is 2.47. The molecule has 0 N–H and O–H groups in total. The fourth-order valence-electron chi connectivity index (χ4n) is 0.638. The third-order valence-corrected chi connectivity index (χ3v) is 5.19. The first-order valence-corrected chi connectivity index (χ1v) is 5.70. The molecule has 0 radical (unpaired) electrons. The van der Waals surface area contributed by atoms with Gasteiger partial charge in [0, 0.05) is 0 Å². The highest BCUT2D eigenvalue weighted by molar-refractivity contribution is 8.28. The Morgan fingerprint density at radius 1 is 1.33 bits per heavy atom. The van der Waals surface area contributed by atoms with Crippen molar-refractivity contribution in [1.29, 1.82) is 0 Å². The molecule has 1 unspecified atom stereocenters. The van der Waals surface area contributed by atoms with Crippen LogP contribution in [0.4, 0.5) is 0 Å². The van der Waals surface area contributed by atoms with Gasteiger partial charge in [-0.3, -0.25) is 0 Å². The Morgan fingerprint density at radius 2 is 1.78 bits per heavy atom. The summed E-state index contributed by atoms with van der Waals surface area (Å²) in [6.45, 7) is 6.64. The van der Waals surface area contributed by atoms with Crippen LogP contribution in [0.25, 0.3) is 0 Å². The van der Waals surface area contributed by atoms with Gasteiger partial charge in [0.15, 0.2) is 0 Å². The Bertz CT molecular complexity index is 151. The van der Waals surface area contributed by atoms with Crippen molar-refractivity contribution in [2.24, 2.45) is 0 Å². The van der Waals surface area contributed by atoms with Crippen LogP contribution in [0.2, 0.25) is 0 Å². The van der Waals surface area contributed by atoms with Gasteiger partial charge in [0.05, 0.1) is 0 Å². The van der Waals surface area contributed by atoms with Gasteiger partial charge >= 0.3 is 0 Å². The van der Waals surface area contributed by atoms with Crippen LogP contribution >= 0.6 is 9.21 Å². The third kappa shape index (κ3) is 2.44. The molecule has 0 saturated heterocycles. The van der Waals surface area contributed by atoms with Crippen LogP contribution in [0, 0.1) is 0 Å². The average molecular weight is 146 g/mol. The molecule has 0 spiro atoms. The van der Waals surface area contributed by atoms with E-state index in [1.807, 2.05) is 0 Å². The van der Waals surface area contributed by atoms with E-state index >= 15 is 0 Å². The normalized spacial score (nSPS) is 15.4. The lowest BCUT2D eigenvalue weighted by molar-refractivity contribution is 0.904. The first kappa shape index (κ1) is 9.09. The van der Waals surface area contributed by atoms with Crippen LogP contribution in [-0.2, 0) is 0 Å². The fourth-order valence-corrected chi connectivity index (χ4v) is 1.91. The first-order valence-electron chi connectivity index (χ1n) is 3.50. The molecule has 0 aliphatic carbocycles. The molecule has 0 bridgehead atoms. The van der Waals surface area contributed by atoms with E-state index < -0.39 is 9.21 Å². The standard InChI is InChI=1S/C8H18S/c1-6-8(3)9(4,5)7-2/h8H,4-7H2,1-3H3. The number of rotatable bonds is 3. The summed E-state index contributed by atoms with van der Waals surface area (Å²) in [7, 11) is -0.748. The lowest BCUT2D eigenvalue weighted by Gasteiger charge is -2.18. The molecular weight excluding hydrogens is 128 g/mol. The summed E-state index contributed by atoms with van der Waals surface area (Å²) in [6.07, 6.45) is 1.22. The van der Waals surface area contributed by atoms with Gasteiger partial charge in [0.1, 0.15) is 0 Å². The van der Waals surface area contributed by atoms with Crippen LogP contribution in [-0.4, -0.2) is 22.7 Å². The number of hydrogen-bond donors (Lipinski definition) is 0. The maximum Gasteiger partial charge on any atom is -0.00855 e. The second kappa shape index (κ2) is 3.31. The highest BCUT2D eigenvalue weighted by Gasteiger charge is 2.02. The molecule has 1 atom stereocenters. The third-order valence-electron chi connectivity index (χ3n) is 2.00. The van der Waals surface area contributed by atoms with Gasteiger partial charge < -0.3 is 0 Å². The maximum absolute atomic E-state index is 4.13. The molecule has 56 valence electrons. The van der Waals surface area contributed by atoms with Gasteiger partial charge in [-0.15, -0.1) is 0 Å². The highest BCUT2D eigenvalue weighted by atomic mass is 32.2. The molecule has 0 amide bonds. The Balaban J connectivity index is 4.17. The monoisotopic (exact) mass is 146 g/mol. The molecule has 0 saturated carbocycles. The summed E-state index contributed by atoms with van der Waals surface area (Å²) in [5.41, 5.74) is 0. The van der Waals surface area contributed by atoms with Crippen LogP contribution in [0.5, 0.6) is 0 Å². The summed E-state index contributed by atoms with van der Waals surface area (Å²) < 4.78 is 0. The van der Waals surface area contributed by atoms with Crippen molar-refractivity contribution in [2.45, 2.75) is 32.4 Å². The van der Waals surface area contributed by atoms with Crippen molar-refractivity contribution >= 4 is 20.9 Å². The SMILES string of the molecule is C=S(=C)(CC)C(C)CC. The van der Waals surface area contributed by atoms with Crippen molar-refractivity contribution in [1.82, 2.24) is 0 Å². The highest BCUT2D eigenvalue weighted by Crippen LogP contribution is 2.27. The van der Waals surface area contributed by atoms with Crippen molar-refractivity contribution in [3.8, 4) is 0 Å². The molecule has 0 aliphatic heterocycles. The molecule has 1 heteroatoms. The fraction of sp³-hybridized carbons (Fsp3) is 0.750. The minimum Gasteiger partial charge on any atom is -0.212 e. The summed E-state index contributed by atoms with van der Waals surface area (Å²) in [4.78, 5) is 0. The quantitative estimate of drug-likeness (QED) is 0.537. The topological polar surface area (TPSA) is 0 Å². The minimum atomic E-state index is -0.748. The summed E-state index contributed by atoms with van der Waals surface area (Å²) in [6, 6.07) is 0. The largest absolute Gasteiger partial charge is 0.212 e. The molecule has 0 aliphatic rings. The minimum absolute atomic E-state index is 0.725. The molecule has 0 nitrogen and oxygen atoms in total. The van der Waals surface area contributed by atoms with E-state index in [2.05, 4.69) is 32.5 Å². The van der Waals surface area contributed by atoms with Crippen LogP contribution in [0.3, 0.4) is 0 Å². The van der Waals surface area contributed by atoms with Crippen molar-refractivity contribution in [3.05, 3.63) is 0 Å². The van der Waals surface area contributed by atoms with Gasteiger partial charge in [-0.25, -0.2) is 9.21 Å². The zero-order valence-corrected chi connectivity index (χ0v) is 7.63. The van der Waals surface area contributed by atoms with Crippen LogP contribution < -0.4 is 0 Å². The zero-order chi connectivity index (χ0) is 7.49. The van der Waals surface area contributed by atoms with E-state index in [1.165, 1.54) is 6.42 Å². The lowest BCUT2D eigenvalue weighted by Crippen LogP contribution is -2.01. The van der Waals surface area contributed by atoms with Gasteiger partial charge in [-0.1, -0.05) is 32.5 Å². The molecular formula is C8H18S. The molecule has 0 aromatic heterocycles. The zero-order valence-electron chi connectivity index (χ0n) is 6.81. The van der Waals surface area contributed by atoms with Gasteiger partial charge in [-0.05, 0) is 17.4 Å². The Morgan fingerprint density at radius 3 is 1.89 bits per heavy atom. The molecule has 0 aromatic carbocycles. The predicted molar refractivity (Wildman–Crippen MR) is 52.1 cm³/mol. The lowest BCUT2D eigenvalue weighted by atomic mass is 10.4. The first-order chi connectivity index (χ1) is 4.04. The molecule has 0 rings (SSSR count). The second-order valence-corrected chi connectivity index (χ2v) is 6.23. The van der Waals surface area contributed by atoms with Crippen molar-refractivity contribution < 1.29 is 0 Å². The van der Waals surface area contributed by atoms with Gasteiger partial charge in [-0.2, -0.15) is 0 Å². The van der Waals surface area contributed by atoms with Crippen molar-refractivity contribution in [2.75, 3.05) is 5.75 Å². The van der Waals surface area contributed by atoms with E-state index in [9.17, 15) is 0 Å². The van der Waals surface area contributed by atoms with E-state index in [1.54, 1.807) is 0 Å². The van der Waals surface area contributed by atoms with E-state index in [-0.39, 0.29) is 0 Å². The summed E-state index contributed by atoms with van der Waals surface area (Å²) in [5.74, 6) is 9.42. The Hall–Kier alpha value is 0.0900. The van der Waals surface area contributed by atoms with E-state index in [0.717, 1.165) is 11.0 Å². The smallest absolute Gasteiger partial charge is 0.00855 e. The summed E-state index contributed by atoms with van der Waals surface area (Å²) >= 11 is 0. The molecule has 0 aromatic rings. The Labute approximate surface area is 59.8 Å². The van der Waals surface area contributed by atoms with Crippen molar-refractivity contribution in [3.63, 3.8) is 0 Å². The second-order valence-electron chi connectivity index (χ2n) is 2.62. The average Bonchev–Trinajstić information content (AvgIpc) is 1.86.